The second-order valence-corrected chi connectivity index (χ2v) is 5.08. The molecule has 0 heterocycles. The highest BCUT2D eigenvalue weighted by Crippen LogP contribution is 2.19. The van der Waals surface area contributed by atoms with Crippen LogP contribution in [0.4, 0.5) is 5.69 Å². The van der Waals surface area contributed by atoms with Crippen LogP contribution < -0.4 is 11.1 Å². The molecule has 0 aliphatic carbocycles. The molecule has 3 nitrogen and oxygen atoms in total. The highest BCUT2D eigenvalue weighted by molar-refractivity contribution is 6.33. The maximum Gasteiger partial charge on any atom is 0.251 e. The van der Waals surface area contributed by atoms with E-state index < -0.39 is 0 Å². The second kappa shape index (κ2) is 6.44. The lowest BCUT2D eigenvalue weighted by molar-refractivity contribution is 0.0954. The van der Waals surface area contributed by atoms with Crippen LogP contribution >= 0.6 is 11.6 Å². The largest absolute Gasteiger partial charge is 0.398 e. The lowest BCUT2D eigenvalue weighted by Gasteiger charge is -2.08. The number of nitrogen functional groups attached to an aromatic ring is 1. The van der Waals surface area contributed by atoms with Gasteiger partial charge in [-0.15, -0.1) is 0 Å². The van der Waals surface area contributed by atoms with Gasteiger partial charge >= 0.3 is 0 Å². The van der Waals surface area contributed by atoms with Gasteiger partial charge in [-0.2, -0.15) is 0 Å². The molecular weight excluding hydrogens is 272 g/mol. The summed E-state index contributed by atoms with van der Waals surface area (Å²) in [5, 5.41) is 3.34. The first-order chi connectivity index (χ1) is 9.58. The minimum absolute atomic E-state index is 0.137. The predicted molar refractivity (Wildman–Crippen MR) is 83.1 cm³/mol. The number of aryl methyl sites for hydroxylation is 1. The number of anilines is 1. The monoisotopic (exact) mass is 288 g/mol. The quantitative estimate of drug-likeness (QED) is 0.849. The predicted octanol–water partition coefficient (Wildman–Crippen LogP) is 3.20. The molecule has 4 heteroatoms. The van der Waals surface area contributed by atoms with E-state index in [1.54, 1.807) is 18.2 Å². The van der Waals surface area contributed by atoms with Gasteiger partial charge in [0.25, 0.3) is 5.91 Å². The van der Waals surface area contributed by atoms with Crippen molar-refractivity contribution in [2.75, 3.05) is 12.3 Å². The molecule has 1 amide bonds. The topological polar surface area (TPSA) is 55.1 Å². The van der Waals surface area contributed by atoms with Crippen molar-refractivity contribution in [3.8, 4) is 0 Å². The van der Waals surface area contributed by atoms with E-state index in [0.717, 1.165) is 6.42 Å². The van der Waals surface area contributed by atoms with Gasteiger partial charge in [0.15, 0.2) is 0 Å². The number of amides is 1. The van der Waals surface area contributed by atoms with Gasteiger partial charge in [0.1, 0.15) is 0 Å². The van der Waals surface area contributed by atoms with Crippen molar-refractivity contribution in [3.63, 3.8) is 0 Å². The Morgan fingerprint density at radius 3 is 2.70 bits per heavy atom. The lowest BCUT2D eigenvalue weighted by atomic mass is 10.1. The number of rotatable bonds is 4. The van der Waals surface area contributed by atoms with E-state index in [4.69, 9.17) is 17.3 Å². The van der Waals surface area contributed by atoms with E-state index in [9.17, 15) is 4.79 Å². The van der Waals surface area contributed by atoms with Crippen molar-refractivity contribution >= 4 is 23.2 Å². The highest BCUT2D eigenvalue weighted by Gasteiger charge is 2.07. The summed E-state index contributed by atoms with van der Waals surface area (Å²) in [5.41, 5.74) is 9.10. The molecule has 2 aromatic carbocycles. The number of nitrogens with two attached hydrogens (primary N) is 1. The fraction of sp³-hybridized carbons (Fsp3) is 0.188. The van der Waals surface area contributed by atoms with Crippen LogP contribution in [0.5, 0.6) is 0 Å². The summed E-state index contributed by atoms with van der Waals surface area (Å²) in [7, 11) is 0. The van der Waals surface area contributed by atoms with E-state index >= 15 is 0 Å². The standard InChI is InChI=1S/C16H17ClN2O/c1-11-4-2-3-5-12(11)8-9-19-16(20)13-6-7-14(17)15(18)10-13/h2-7,10H,8-9,18H2,1H3,(H,19,20). The molecule has 0 aliphatic rings. The maximum atomic E-state index is 12.0. The zero-order chi connectivity index (χ0) is 14.5. The zero-order valence-electron chi connectivity index (χ0n) is 11.3. The molecule has 0 fully saturated rings. The van der Waals surface area contributed by atoms with E-state index in [1.165, 1.54) is 11.1 Å². The smallest absolute Gasteiger partial charge is 0.251 e. The summed E-state index contributed by atoms with van der Waals surface area (Å²) >= 11 is 5.83. The number of nitrogens with one attached hydrogen (secondary N) is 1. The van der Waals surface area contributed by atoms with Crippen molar-refractivity contribution in [2.24, 2.45) is 0 Å². The SMILES string of the molecule is Cc1ccccc1CCNC(=O)c1ccc(Cl)c(N)c1. The minimum Gasteiger partial charge on any atom is -0.398 e. The molecule has 0 saturated carbocycles. The molecule has 0 spiro atoms. The highest BCUT2D eigenvalue weighted by atomic mass is 35.5. The van der Waals surface area contributed by atoms with Crippen LogP contribution in [0.15, 0.2) is 42.5 Å². The Labute approximate surface area is 123 Å². The molecule has 0 aliphatic heterocycles. The summed E-state index contributed by atoms with van der Waals surface area (Å²) in [4.78, 5) is 12.0. The Morgan fingerprint density at radius 1 is 1.25 bits per heavy atom. The molecule has 2 rings (SSSR count). The normalized spacial score (nSPS) is 10.3. The molecule has 104 valence electrons. The van der Waals surface area contributed by atoms with Gasteiger partial charge in [0.2, 0.25) is 0 Å². The Bertz CT molecular complexity index is 626. The zero-order valence-corrected chi connectivity index (χ0v) is 12.1. The maximum absolute atomic E-state index is 12.0. The molecule has 0 bridgehead atoms. The van der Waals surface area contributed by atoms with Crippen LogP contribution in [0.3, 0.4) is 0 Å². The van der Waals surface area contributed by atoms with Crippen LogP contribution in [0, 0.1) is 6.92 Å². The summed E-state index contributed by atoms with van der Waals surface area (Å²) in [6, 6.07) is 13.0. The average molecular weight is 289 g/mol. The number of hydrogen-bond donors (Lipinski definition) is 2. The average Bonchev–Trinajstić information content (AvgIpc) is 2.44. The number of halogens is 1. The first-order valence-corrected chi connectivity index (χ1v) is 6.83. The third kappa shape index (κ3) is 3.52. The van der Waals surface area contributed by atoms with E-state index in [2.05, 4.69) is 24.4 Å². The molecular formula is C16H17ClN2O. The van der Waals surface area contributed by atoms with Crippen molar-refractivity contribution in [1.29, 1.82) is 0 Å². The van der Waals surface area contributed by atoms with Crippen molar-refractivity contribution in [1.82, 2.24) is 5.32 Å². The van der Waals surface area contributed by atoms with Crippen LogP contribution in [-0.4, -0.2) is 12.5 Å². The Morgan fingerprint density at radius 2 is 2.00 bits per heavy atom. The molecule has 0 radical (unpaired) electrons. The summed E-state index contributed by atoms with van der Waals surface area (Å²) in [6.07, 6.45) is 0.807. The lowest BCUT2D eigenvalue weighted by Crippen LogP contribution is -2.25. The van der Waals surface area contributed by atoms with Crippen molar-refractivity contribution < 1.29 is 4.79 Å². The molecule has 20 heavy (non-hydrogen) atoms. The van der Waals surface area contributed by atoms with Crippen LogP contribution in [0.1, 0.15) is 21.5 Å². The number of benzene rings is 2. The van der Waals surface area contributed by atoms with Crippen LogP contribution in [0.25, 0.3) is 0 Å². The molecule has 0 aromatic heterocycles. The summed E-state index contributed by atoms with van der Waals surface area (Å²) in [6.45, 7) is 2.66. The third-order valence-electron chi connectivity index (χ3n) is 3.20. The second-order valence-electron chi connectivity index (χ2n) is 4.67. The molecule has 0 atom stereocenters. The van der Waals surface area contributed by atoms with Crippen LogP contribution in [0.2, 0.25) is 5.02 Å². The van der Waals surface area contributed by atoms with Gasteiger partial charge in [0.05, 0.1) is 10.7 Å². The van der Waals surface area contributed by atoms with Crippen molar-refractivity contribution in [2.45, 2.75) is 13.3 Å². The molecule has 0 saturated heterocycles. The van der Waals surface area contributed by atoms with Gasteiger partial charge < -0.3 is 11.1 Å². The Hall–Kier alpha value is -2.00. The van der Waals surface area contributed by atoms with Gasteiger partial charge in [-0.05, 0) is 42.7 Å². The third-order valence-corrected chi connectivity index (χ3v) is 3.54. The van der Waals surface area contributed by atoms with Gasteiger partial charge in [-0.1, -0.05) is 35.9 Å². The number of hydrogen-bond acceptors (Lipinski definition) is 2. The molecule has 2 aromatic rings. The fourth-order valence-corrected chi connectivity index (χ4v) is 2.11. The minimum atomic E-state index is -0.137. The molecule has 3 N–H and O–H groups in total. The van der Waals surface area contributed by atoms with E-state index in [0.29, 0.717) is 22.8 Å². The van der Waals surface area contributed by atoms with Gasteiger partial charge in [-0.3, -0.25) is 4.79 Å². The molecule has 0 unspecified atom stereocenters. The van der Waals surface area contributed by atoms with Gasteiger partial charge in [-0.25, -0.2) is 0 Å². The summed E-state index contributed by atoms with van der Waals surface area (Å²) < 4.78 is 0. The van der Waals surface area contributed by atoms with E-state index in [1.807, 2.05) is 12.1 Å². The fourth-order valence-electron chi connectivity index (χ4n) is 1.99. The van der Waals surface area contributed by atoms with Crippen LogP contribution in [-0.2, 0) is 6.42 Å². The number of carbonyl (C=O) groups excluding carboxylic acids is 1. The Kier molecular flexibility index (Phi) is 4.64. The Balaban J connectivity index is 1.92. The van der Waals surface area contributed by atoms with E-state index in [-0.39, 0.29) is 5.91 Å². The summed E-state index contributed by atoms with van der Waals surface area (Å²) in [5.74, 6) is -0.137. The van der Waals surface area contributed by atoms with Crippen molar-refractivity contribution in [3.05, 3.63) is 64.2 Å². The van der Waals surface area contributed by atoms with Gasteiger partial charge in [0, 0.05) is 12.1 Å². The number of carbonyl (C=O) groups is 1. The first kappa shape index (κ1) is 14.4. The first-order valence-electron chi connectivity index (χ1n) is 6.45.